The van der Waals surface area contributed by atoms with E-state index in [1.165, 1.54) is 5.56 Å². The standard InChI is InChI=1S/C22H26N2O2/c1-22(2)14-17-9-6-10-19(20(17)26-22)21(25)24-12-11-23-15-18(24)13-16-7-4-3-5-8-16/h3-10,18,23H,11-15H2,1-2H3/t18-/m1/s1. The second-order valence-corrected chi connectivity index (χ2v) is 7.88. The number of carbonyl (C=O) groups excluding carboxylic acids is 1. The summed E-state index contributed by atoms with van der Waals surface area (Å²) in [5, 5.41) is 3.43. The molecule has 1 amide bonds. The van der Waals surface area contributed by atoms with E-state index in [0.717, 1.165) is 43.8 Å². The molecule has 0 spiro atoms. The van der Waals surface area contributed by atoms with E-state index < -0.39 is 0 Å². The molecule has 2 heterocycles. The van der Waals surface area contributed by atoms with Gasteiger partial charge in [-0.25, -0.2) is 0 Å². The number of fused-ring (bicyclic) bond motifs is 1. The number of para-hydroxylation sites is 1. The van der Waals surface area contributed by atoms with Gasteiger partial charge in [-0.3, -0.25) is 4.79 Å². The fourth-order valence-electron chi connectivity index (χ4n) is 4.04. The van der Waals surface area contributed by atoms with Crippen LogP contribution in [0.25, 0.3) is 0 Å². The molecule has 2 aliphatic rings. The molecule has 2 aliphatic heterocycles. The number of ether oxygens (including phenoxy) is 1. The van der Waals surface area contributed by atoms with Gasteiger partial charge >= 0.3 is 0 Å². The van der Waals surface area contributed by atoms with Crippen LogP contribution < -0.4 is 10.1 Å². The van der Waals surface area contributed by atoms with E-state index >= 15 is 0 Å². The van der Waals surface area contributed by atoms with E-state index in [-0.39, 0.29) is 17.6 Å². The highest BCUT2D eigenvalue weighted by atomic mass is 16.5. The summed E-state index contributed by atoms with van der Waals surface area (Å²) in [7, 11) is 0. The average Bonchev–Trinajstić information content (AvgIpc) is 2.96. The van der Waals surface area contributed by atoms with Crippen molar-refractivity contribution in [1.82, 2.24) is 10.2 Å². The lowest BCUT2D eigenvalue weighted by molar-refractivity contribution is 0.0626. The van der Waals surface area contributed by atoms with Crippen molar-refractivity contribution in [3.05, 3.63) is 65.2 Å². The van der Waals surface area contributed by atoms with E-state index in [4.69, 9.17) is 4.74 Å². The number of rotatable bonds is 3. The number of hydrogen-bond acceptors (Lipinski definition) is 3. The molecule has 0 bridgehead atoms. The maximum absolute atomic E-state index is 13.4. The highest BCUT2D eigenvalue weighted by molar-refractivity contribution is 5.98. The Morgan fingerprint density at radius 2 is 2.00 bits per heavy atom. The van der Waals surface area contributed by atoms with Gasteiger partial charge in [0.05, 0.1) is 5.56 Å². The molecule has 0 unspecified atom stereocenters. The van der Waals surface area contributed by atoms with Gasteiger partial charge in [0.25, 0.3) is 5.91 Å². The Hall–Kier alpha value is -2.33. The molecule has 1 saturated heterocycles. The van der Waals surface area contributed by atoms with Crippen molar-refractivity contribution in [2.75, 3.05) is 19.6 Å². The van der Waals surface area contributed by atoms with Gasteiger partial charge in [-0.05, 0) is 37.5 Å². The molecule has 0 radical (unpaired) electrons. The monoisotopic (exact) mass is 350 g/mol. The zero-order chi connectivity index (χ0) is 18.1. The first-order valence-electron chi connectivity index (χ1n) is 9.40. The van der Waals surface area contributed by atoms with E-state index in [1.807, 2.05) is 23.1 Å². The Labute approximate surface area is 155 Å². The molecule has 0 saturated carbocycles. The highest BCUT2D eigenvalue weighted by Gasteiger charge is 2.35. The molecular formula is C22H26N2O2. The SMILES string of the molecule is CC1(C)Cc2cccc(C(=O)N3CCNC[C@H]3Cc3ccccc3)c2O1. The lowest BCUT2D eigenvalue weighted by atomic mass is 9.99. The van der Waals surface area contributed by atoms with Crippen molar-refractivity contribution in [1.29, 1.82) is 0 Å². The number of benzene rings is 2. The summed E-state index contributed by atoms with van der Waals surface area (Å²) < 4.78 is 6.13. The predicted molar refractivity (Wildman–Crippen MR) is 103 cm³/mol. The van der Waals surface area contributed by atoms with E-state index in [9.17, 15) is 4.79 Å². The molecule has 4 heteroatoms. The van der Waals surface area contributed by atoms with Crippen molar-refractivity contribution < 1.29 is 9.53 Å². The first-order chi connectivity index (χ1) is 12.5. The van der Waals surface area contributed by atoms with E-state index in [2.05, 4.69) is 49.5 Å². The number of piperazine rings is 1. The predicted octanol–water partition coefficient (Wildman–Crippen LogP) is 3.06. The third-order valence-corrected chi connectivity index (χ3v) is 5.25. The Morgan fingerprint density at radius 3 is 2.81 bits per heavy atom. The molecule has 2 aromatic carbocycles. The Bertz CT molecular complexity index is 801. The van der Waals surface area contributed by atoms with Crippen LogP contribution in [0.1, 0.15) is 35.3 Å². The third-order valence-electron chi connectivity index (χ3n) is 5.25. The number of hydrogen-bond donors (Lipinski definition) is 1. The highest BCUT2D eigenvalue weighted by Crippen LogP contribution is 2.38. The van der Waals surface area contributed by atoms with Gasteiger partial charge in [-0.2, -0.15) is 0 Å². The quantitative estimate of drug-likeness (QED) is 0.925. The number of carbonyl (C=O) groups is 1. The molecular weight excluding hydrogens is 324 g/mol. The van der Waals surface area contributed by atoms with Gasteiger partial charge in [0.2, 0.25) is 0 Å². The van der Waals surface area contributed by atoms with Crippen LogP contribution >= 0.6 is 0 Å². The molecule has 136 valence electrons. The van der Waals surface area contributed by atoms with Gasteiger partial charge in [-0.15, -0.1) is 0 Å². The van der Waals surface area contributed by atoms with Crippen LogP contribution in [-0.2, 0) is 12.8 Å². The maximum Gasteiger partial charge on any atom is 0.257 e. The molecule has 1 N–H and O–H groups in total. The van der Waals surface area contributed by atoms with Crippen LogP contribution in [0.2, 0.25) is 0 Å². The van der Waals surface area contributed by atoms with Crippen LogP contribution in [0.5, 0.6) is 5.75 Å². The van der Waals surface area contributed by atoms with Crippen LogP contribution in [0.3, 0.4) is 0 Å². The minimum absolute atomic E-state index is 0.0852. The molecule has 4 nitrogen and oxygen atoms in total. The van der Waals surface area contributed by atoms with Gasteiger partial charge in [0.1, 0.15) is 11.4 Å². The number of amides is 1. The van der Waals surface area contributed by atoms with Gasteiger partial charge in [0, 0.05) is 32.1 Å². The summed E-state index contributed by atoms with van der Waals surface area (Å²) in [4.78, 5) is 15.4. The lowest BCUT2D eigenvalue weighted by Crippen LogP contribution is -2.54. The fourth-order valence-corrected chi connectivity index (χ4v) is 4.04. The maximum atomic E-state index is 13.4. The van der Waals surface area contributed by atoms with Crippen molar-refractivity contribution in [2.24, 2.45) is 0 Å². The molecule has 1 atom stereocenters. The largest absolute Gasteiger partial charge is 0.486 e. The Kier molecular flexibility index (Phi) is 4.45. The van der Waals surface area contributed by atoms with Gasteiger partial charge in [0.15, 0.2) is 0 Å². The van der Waals surface area contributed by atoms with Gasteiger partial charge < -0.3 is 15.0 Å². The first kappa shape index (κ1) is 17.1. The van der Waals surface area contributed by atoms with Crippen LogP contribution in [0.4, 0.5) is 0 Å². The molecule has 2 aromatic rings. The minimum Gasteiger partial charge on any atom is -0.486 e. The zero-order valence-corrected chi connectivity index (χ0v) is 15.5. The second-order valence-electron chi connectivity index (χ2n) is 7.88. The summed E-state index contributed by atoms with van der Waals surface area (Å²) in [5.41, 5.74) is 2.85. The Morgan fingerprint density at radius 1 is 1.19 bits per heavy atom. The summed E-state index contributed by atoms with van der Waals surface area (Å²) in [6.45, 7) is 6.53. The van der Waals surface area contributed by atoms with Crippen LogP contribution in [0, 0.1) is 0 Å². The van der Waals surface area contributed by atoms with Crippen molar-refractivity contribution >= 4 is 5.91 Å². The van der Waals surface area contributed by atoms with Gasteiger partial charge in [-0.1, -0.05) is 42.5 Å². The van der Waals surface area contributed by atoms with Crippen LogP contribution in [0.15, 0.2) is 48.5 Å². The minimum atomic E-state index is -0.244. The summed E-state index contributed by atoms with van der Waals surface area (Å²) in [6, 6.07) is 16.5. The topological polar surface area (TPSA) is 41.6 Å². The van der Waals surface area contributed by atoms with Crippen molar-refractivity contribution in [2.45, 2.75) is 38.3 Å². The number of nitrogens with zero attached hydrogens (tertiary/aromatic N) is 1. The molecule has 0 aliphatic carbocycles. The summed E-state index contributed by atoms with van der Waals surface area (Å²) in [5.74, 6) is 0.862. The lowest BCUT2D eigenvalue weighted by Gasteiger charge is -2.36. The molecule has 0 aromatic heterocycles. The normalized spacial score (nSPS) is 21.2. The summed E-state index contributed by atoms with van der Waals surface area (Å²) in [6.07, 6.45) is 1.71. The van der Waals surface area contributed by atoms with E-state index in [0.29, 0.717) is 5.56 Å². The second kappa shape index (κ2) is 6.76. The number of nitrogens with one attached hydrogen (secondary N) is 1. The average molecular weight is 350 g/mol. The third kappa shape index (κ3) is 3.34. The fraction of sp³-hybridized carbons (Fsp3) is 0.409. The van der Waals surface area contributed by atoms with Crippen molar-refractivity contribution in [3.8, 4) is 5.75 Å². The van der Waals surface area contributed by atoms with Crippen LogP contribution in [-0.4, -0.2) is 42.1 Å². The van der Waals surface area contributed by atoms with E-state index in [1.54, 1.807) is 0 Å². The zero-order valence-electron chi connectivity index (χ0n) is 15.5. The first-order valence-corrected chi connectivity index (χ1v) is 9.40. The molecule has 4 rings (SSSR count). The smallest absolute Gasteiger partial charge is 0.257 e. The molecule has 26 heavy (non-hydrogen) atoms. The summed E-state index contributed by atoms with van der Waals surface area (Å²) >= 11 is 0. The Balaban J connectivity index is 1.60. The molecule has 1 fully saturated rings. The van der Waals surface area contributed by atoms with Crippen molar-refractivity contribution in [3.63, 3.8) is 0 Å².